The zero-order valence-corrected chi connectivity index (χ0v) is 18.0. The lowest BCUT2D eigenvalue weighted by Gasteiger charge is -2.38. The van der Waals surface area contributed by atoms with Crippen molar-refractivity contribution in [2.24, 2.45) is 0 Å². The number of halogens is 4. The molecule has 32 heavy (non-hydrogen) atoms. The number of imide groups is 1. The number of alkyl halides is 3. The van der Waals surface area contributed by atoms with Crippen molar-refractivity contribution in [3.63, 3.8) is 0 Å². The lowest BCUT2D eigenvalue weighted by molar-refractivity contribution is -0.137. The number of methoxy groups -OCH3 is 1. The van der Waals surface area contributed by atoms with Crippen LogP contribution in [0.4, 0.5) is 24.5 Å². The van der Waals surface area contributed by atoms with Gasteiger partial charge < -0.3 is 9.64 Å². The van der Waals surface area contributed by atoms with Crippen LogP contribution in [0.3, 0.4) is 0 Å². The Kier molecular flexibility index (Phi) is 6.05. The summed E-state index contributed by atoms with van der Waals surface area (Å²) >= 11 is 5.66. The van der Waals surface area contributed by atoms with Gasteiger partial charge in [0, 0.05) is 31.9 Å². The molecule has 2 aliphatic heterocycles. The fraction of sp³-hybridized carbons (Fsp3) is 0.364. The van der Waals surface area contributed by atoms with Gasteiger partial charge in [0.15, 0.2) is 0 Å². The van der Waals surface area contributed by atoms with Gasteiger partial charge in [0.1, 0.15) is 5.75 Å². The standard InChI is InChI=1S/C22H21ClF3N3O3/c1-32-16-5-2-14(3-6-16)27-8-10-28(11-9-27)19-13-20(30)29(21(19)31)15-4-7-18(23)17(12-15)22(24,25)26/h2-7,12,19H,8-11,13H2,1H3. The van der Waals surface area contributed by atoms with E-state index in [4.69, 9.17) is 16.3 Å². The number of hydrogen-bond donors (Lipinski definition) is 0. The number of nitrogens with zero attached hydrogens (tertiary/aromatic N) is 3. The normalized spacial score (nSPS) is 20.2. The fourth-order valence-electron chi connectivity index (χ4n) is 4.13. The van der Waals surface area contributed by atoms with E-state index in [0.717, 1.165) is 28.5 Å². The van der Waals surface area contributed by atoms with E-state index in [9.17, 15) is 22.8 Å². The predicted octanol–water partition coefficient (Wildman–Crippen LogP) is 3.82. The van der Waals surface area contributed by atoms with Gasteiger partial charge >= 0.3 is 6.18 Å². The molecule has 2 amide bonds. The molecule has 2 fully saturated rings. The van der Waals surface area contributed by atoms with Gasteiger partial charge in [-0.25, -0.2) is 4.90 Å². The van der Waals surface area contributed by atoms with E-state index in [0.29, 0.717) is 26.2 Å². The summed E-state index contributed by atoms with van der Waals surface area (Å²) in [4.78, 5) is 30.5. The van der Waals surface area contributed by atoms with Crippen LogP contribution in [0.2, 0.25) is 5.02 Å². The summed E-state index contributed by atoms with van der Waals surface area (Å²) in [6, 6.07) is 10.0. The third kappa shape index (κ3) is 4.27. The van der Waals surface area contributed by atoms with Crippen molar-refractivity contribution in [1.29, 1.82) is 0 Å². The van der Waals surface area contributed by atoms with Crippen molar-refractivity contribution in [3.05, 3.63) is 53.1 Å². The van der Waals surface area contributed by atoms with Gasteiger partial charge in [-0.15, -0.1) is 0 Å². The first-order valence-electron chi connectivity index (χ1n) is 10.1. The van der Waals surface area contributed by atoms with Crippen LogP contribution in [-0.4, -0.2) is 56.0 Å². The summed E-state index contributed by atoms with van der Waals surface area (Å²) in [5, 5.41) is -0.480. The molecule has 0 aromatic heterocycles. The highest BCUT2D eigenvalue weighted by Crippen LogP contribution is 2.38. The first-order chi connectivity index (χ1) is 15.2. The molecule has 10 heteroatoms. The Bertz CT molecular complexity index is 1020. The highest BCUT2D eigenvalue weighted by Gasteiger charge is 2.44. The molecule has 170 valence electrons. The number of rotatable bonds is 4. The second kappa shape index (κ2) is 8.63. The number of carbonyl (C=O) groups is 2. The van der Waals surface area contributed by atoms with Crippen LogP contribution in [0.25, 0.3) is 0 Å². The summed E-state index contributed by atoms with van der Waals surface area (Å²) in [6.07, 6.45) is -4.75. The molecule has 2 saturated heterocycles. The van der Waals surface area contributed by atoms with Gasteiger partial charge in [0.2, 0.25) is 5.91 Å². The number of amides is 2. The Hall–Kier alpha value is -2.78. The molecule has 2 aromatic carbocycles. The molecule has 0 saturated carbocycles. The van der Waals surface area contributed by atoms with Crippen molar-refractivity contribution in [2.45, 2.75) is 18.6 Å². The zero-order valence-electron chi connectivity index (χ0n) is 17.2. The Morgan fingerprint density at radius 2 is 1.59 bits per heavy atom. The van der Waals surface area contributed by atoms with Gasteiger partial charge in [-0.3, -0.25) is 14.5 Å². The van der Waals surface area contributed by atoms with E-state index in [2.05, 4.69) is 4.90 Å². The molecule has 2 aliphatic rings. The Balaban J connectivity index is 1.46. The highest BCUT2D eigenvalue weighted by molar-refractivity contribution is 6.31. The second-order valence-corrected chi connectivity index (χ2v) is 8.08. The first-order valence-corrected chi connectivity index (χ1v) is 10.4. The summed E-state index contributed by atoms with van der Waals surface area (Å²) < 4.78 is 44.8. The van der Waals surface area contributed by atoms with Gasteiger partial charge in [-0.2, -0.15) is 13.2 Å². The largest absolute Gasteiger partial charge is 0.497 e. The molecule has 0 radical (unpaired) electrons. The fourth-order valence-corrected chi connectivity index (χ4v) is 4.35. The minimum Gasteiger partial charge on any atom is -0.497 e. The minimum atomic E-state index is -4.68. The highest BCUT2D eigenvalue weighted by atomic mass is 35.5. The monoisotopic (exact) mass is 467 g/mol. The van der Waals surface area contributed by atoms with Gasteiger partial charge in [0.05, 0.1) is 35.8 Å². The zero-order chi connectivity index (χ0) is 23.0. The summed E-state index contributed by atoms with van der Waals surface area (Å²) in [5.41, 5.74) is -0.160. The van der Waals surface area contributed by atoms with Crippen molar-refractivity contribution in [3.8, 4) is 5.75 Å². The number of ether oxygens (including phenoxy) is 1. The van der Waals surface area contributed by atoms with Crippen LogP contribution in [0.1, 0.15) is 12.0 Å². The van der Waals surface area contributed by atoms with E-state index in [-0.39, 0.29) is 12.1 Å². The van der Waals surface area contributed by atoms with Gasteiger partial charge in [0.25, 0.3) is 5.91 Å². The maximum atomic E-state index is 13.2. The SMILES string of the molecule is COc1ccc(N2CCN(C3CC(=O)N(c4ccc(Cl)c(C(F)(F)F)c4)C3=O)CC2)cc1. The molecule has 2 aromatic rings. The van der Waals surface area contributed by atoms with E-state index in [1.165, 1.54) is 6.07 Å². The molecule has 4 rings (SSSR count). The van der Waals surface area contributed by atoms with E-state index >= 15 is 0 Å². The van der Waals surface area contributed by atoms with Crippen LogP contribution < -0.4 is 14.5 Å². The van der Waals surface area contributed by atoms with Crippen LogP contribution in [0.5, 0.6) is 5.75 Å². The molecule has 0 N–H and O–H groups in total. The maximum Gasteiger partial charge on any atom is 0.417 e. The van der Waals surface area contributed by atoms with Crippen molar-refractivity contribution < 1.29 is 27.5 Å². The molecular weight excluding hydrogens is 447 g/mol. The van der Waals surface area contributed by atoms with Crippen LogP contribution >= 0.6 is 11.6 Å². The summed E-state index contributed by atoms with van der Waals surface area (Å²) in [7, 11) is 1.60. The molecule has 0 aliphatic carbocycles. The van der Waals surface area contributed by atoms with E-state index in [1.807, 2.05) is 29.2 Å². The van der Waals surface area contributed by atoms with Crippen LogP contribution in [-0.2, 0) is 15.8 Å². The van der Waals surface area contributed by atoms with Crippen LogP contribution in [0, 0.1) is 0 Å². The van der Waals surface area contributed by atoms with Gasteiger partial charge in [-0.1, -0.05) is 11.6 Å². The quantitative estimate of drug-likeness (QED) is 0.640. The Morgan fingerprint density at radius 1 is 0.969 bits per heavy atom. The van der Waals surface area contributed by atoms with Crippen molar-refractivity contribution >= 4 is 34.8 Å². The summed E-state index contributed by atoms with van der Waals surface area (Å²) in [5.74, 6) is -0.269. The maximum absolute atomic E-state index is 13.2. The number of piperazine rings is 1. The number of carbonyl (C=O) groups excluding carboxylic acids is 2. The van der Waals surface area contributed by atoms with E-state index in [1.54, 1.807) is 7.11 Å². The predicted molar refractivity (Wildman–Crippen MR) is 114 cm³/mol. The van der Waals surface area contributed by atoms with Gasteiger partial charge in [-0.05, 0) is 42.5 Å². The van der Waals surface area contributed by atoms with Crippen molar-refractivity contribution in [2.75, 3.05) is 43.1 Å². The number of anilines is 2. The lowest BCUT2D eigenvalue weighted by atomic mass is 10.1. The van der Waals surface area contributed by atoms with E-state index < -0.39 is 34.6 Å². The Morgan fingerprint density at radius 3 is 2.19 bits per heavy atom. The number of benzene rings is 2. The van der Waals surface area contributed by atoms with Crippen molar-refractivity contribution in [1.82, 2.24) is 4.90 Å². The topological polar surface area (TPSA) is 53.1 Å². The van der Waals surface area contributed by atoms with Crippen LogP contribution in [0.15, 0.2) is 42.5 Å². The lowest BCUT2D eigenvalue weighted by Crippen LogP contribution is -2.52. The summed E-state index contributed by atoms with van der Waals surface area (Å²) in [6.45, 7) is 2.42. The average Bonchev–Trinajstić information content (AvgIpc) is 3.07. The first kappa shape index (κ1) is 22.4. The molecule has 6 nitrogen and oxygen atoms in total. The molecular formula is C22H21ClF3N3O3. The smallest absolute Gasteiger partial charge is 0.417 e. The second-order valence-electron chi connectivity index (χ2n) is 7.67. The average molecular weight is 468 g/mol. The molecule has 1 unspecified atom stereocenters. The number of hydrogen-bond acceptors (Lipinski definition) is 5. The molecule has 0 spiro atoms. The molecule has 0 bridgehead atoms. The minimum absolute atomic E-state index is 0.0641. The third-order valence-electron chi connectivity index (χ3n) is 5.83. The molecule has 1 atom stereocenters. The Labute approximate surface area is 188 Å². The third-order valence-corrected chi connectivity index (χ3v) is 6.16. The molecule has 2 heterocycles.